The summed E-state index contributed by atoms with van der Waals surface area (Å²) in [4.78, 5) is 38.6. The molecule has 0 fully saturated rings. The number of amides is 2. The van der Waals surface area contributed by atoms with E-state index in [-0.39, 0.29) is 28.2 Å². The van der Waals surface area contributed by atoms with E-state index >= 15 is 0 Å². The summed E-state index contributed by atoms with van der Waals surface area (Å²) in [6.45, 7) is 0. The van der Waals surface area contributed by atoms with E-state index in [1.165, 1.54) is 42.5 Å². The van der Waals surface area contributed by atoms with Gasteiger partial charge in [-0.15, -0.1) is 0 Å². The van der Waals surface area contributed by atoms with Gasteiger partial charge in [-0.05, 0) is 48.5 Å². The monoisotopic (exact) mass is 494 g/mol. The number of carbonyl (C=O) groups is 3. The summed E-state index contributed by atoms with van der Waals surface area (Å²) in [5.74, 6) is -2.30. The van der Waals surface area contributed by atoms with Crippen molar-refractivity contribution in [2.75, 3.05) is 16.0 Å². The van der Waals surface area contributed by atoms with E-state index < -0.39 is 47.0 Å². The van der Waals surface area contributed by atoms with Crippen LogP contribution in [0.1, 0.15) is 32.1 Å². The molecule has 0 saturated carbocycles. The van der Waals surface area contributed by atoms with E-state index in [0.29, 0.717) is 12.1 Å². The number of para-hydroxylation sites is 1. The van der Waals surface area contributed by atoms with Crippen molar-refractivity contribution in [1.29, 1.82) is 0 Å². The van der Waals surface area contributed by atoms with E-state index in [9.17, 15) is 40.7 Å². The van der Waals surface area contributed by atoms with Crippen LogP contribution < -0.4 is 16.0 Å². The molecule has 1 aliphatic rings. The lowest BCUT2D eigenvalue weighted by Gasteiger charge is -2.14. The molecule has 2 amide bonds. The minimum Gasteiger partial charge on any atom is -0.355 e. The molecule has 0 saturated heterocycles. The van der Waals surface area contributed by atoms with Crippen molar-refractivity contribution in [2.24, 2.45) is 0 Å². The first-order chi connectivity index (χ1) is 16.3. The Morgan fingerprint density at radius 1 is 0.800 bits per heavy atom. The molecule has 0 radical (unpaired) electrons. The van der Waals surface area contributed by atoms with Crippen molar-refractivity contribution in [3.63, 3.8) is 0 Å². The Bertz CT molecular complexity index is 1320. The second kappa shape index (κ2) is 8.42. The van der Waals surface area contributed by atoms with Crippen LogP contribution in [0.2, 0.25) is 0 Å². The number of alkyl halides is 6. The highest BCUT2D eigenvalue weighted by atomic mass is 19.4. The van der Waals surface area contributed by atoms with Crippen LogP contribution in [-0.2, 0) is 17.1 Å². The molecule has 0 bridgehead atoms. The van der Waals surface area contributed by atoms with Crippen LogP contribution >= 0.6 is 0 Å². The second-order valence-electron chi connectivity index (χ2n) is 7.29. The van der Waals surface area contributed by atoms with Gasteiger partial charge in [-0.25, -0.2) is 4.98 Å². The van der Waals surface area contributed by atoms with Gasteiger partial charge in [0.25, 0.3) is 17.6 Å². The third-order valence-corrected chi connectivity index (χ3v) is 4.84. The van der Waals surface area contributed by atoms with Gasteiger partial charge in [0.05, 0.1) is 16.8 Å². The Kier molecular flexibility index (Phi) is 5.71. The summed E-state index contributed by atoms with van der Waals surface area (Å²) < 4.78 is 77.9. The number of pyridine rings is 1. The number of nitrogens with one attached hydrogen (secondary N) is 3. The first kappa shape index (κ1) is 23.7. The highest BCUT2D eigenvalue weighted by molar-refractivity contribution is 6.52. The molecule has 3 aromatic rings. The predicted molar refractivity (Wildman–Crippen MR) is 111 cm³/mol. The van der Waals surface area contributed by atoms with Gasteiger partial charge >= 0.3 is 12.4 Å². The molecule has 4 rings (SSSR count). The highest BCUT2D eigenvalue weighted by Gasteiger charge is 2.39. The average Bonchev–Trinajstić information content (AvgIpc) is 3.07. The van der Waals surface area contributed by atoms with Gasteiger partial charge in [0, 0.05) is 17.1 Å². The zero-order valence-corrected chi connectivity index (χ0v) is 17.1. The van der Waals surface area contributed by atoms with Crippen molar-refractivity contribution in [1.82, 2.24) is 4.98 Å². The molecule has 0 atom stereocenters. The highest BCUT2D eigenvalue weighted by Crippen LogP contribution is 2.36. The van der Waals surface area contributed by atoms with Gasteiger partial charge in [-0.2, -0.15) is 26.3 Å². The number of Topliss-reactive ketones (excluding diaryl/α,β-unsaturated/α-hetero) is 1. The van der Waals surface area contributed by atoms with E-state index in [2.05, 4.69) is 20.9 Å². The summed E-state index contributed by atoms with van der Waals surface area (Å²) in [6, 6.07) is 10.4. The summed E-state index contributed by atoms with van der Waals surface area (Å²) in [6.07, 6.45) is -10.2. The van der Waals surface area contributed by atoms with Crippen LogP contribution in [0.15, 0.2) is 54.6 Å². The molecule has 2 aromatic carbocycles. The standard InChI is InChI=1S/C22H12F6N4O3/c23-21(24,25)15-8-12(9-16(31-15)22(26,27)28)29-10-4-6-11(7-5-10)30-19(34)14-3-1-2-13-17(14)32-20(35)18(13)33/h1-9H,(H,29,31)(H,30,34)(H,32,33,35). The molecule has 0 unspecified atom stereocenters. The van der Waals surface area contributed by atoms with Gasteiger partial charge < -0.3 is 16.0 Å². The molecule has 0 aliphatic carbocycles. The SMILES string of the molecule is O=C1Nc2c(C(=O)Nc3ccc(Nc4cc(C(F)(F)F)nc(C(F)(F)F)c4)cc3)cccc2C1=O. The summed E-state index contributed by atoms with van der Waals surface area (Å²) in [5, 5.41) is 7.30. The first-order valence-corrected chi connectivity index (χ1v) is 9.66. The maximum absolute atomic E-state index is 13.0. The second-order valence-corrected chi connectivity index (χ2v) is 7.29. The molecule has 0 spiro atoms. The van der Waals surface area contributed by atoms with Gasteiger partial charge in [0.2, 0.25) is 0 Å². The number of hydrogen-bond acceptors (Lipinski definition) is 5. The van der Waals surface area contributed by atoms with Crippen molar-refractivity contribution in [3.8, 4) is 0 Å². The number of nitrogens with zero attached hydrogens (tertiary/aromatic N) is 1. The number of halogens is 6. The third-order valence-electron chi connectivity index (χ3n) is 4.84. The Hall–Kier alpha value is -4.42. The Labute approximate surface area is 192 Å². The predicted octanol–water partition coefficient (Wildman–Crippen LogP) is 5.25. The topological polar surface area (TPSA) is 100 Å². The number of rotatable bonds is 4. The molecule has 7 nitrogen and oxygen atoms in total. The van der Waals surface area contributed by atoms with E-state index in [0.717, 1.165) is 0 Å². The number of ketones is 1. The Balaban J connectivity index is 1.53. The smallest absolute Gasteiger partial charge is 0.355 e. The summed E-state index contributed by atoms with van der Waals surface area (Å²) in [5.41, 5.74) is -3.39. The maximum atomic E-state index is 13.0. The van der Waals surface area contributed by atoms with E-state index in [1.807, 2.05) is 0 Å². The molecule has 3 N–H and O–H groups in total. The fraction of sp³-hybridized carbons (Fsp3) is 0.0909. The fourth-order valence-electron chi connectivity index (χ4n) is 3.25. The Morgan fingerprint density at radius 2 is 1.37 bits per heavy atom. The van der Waals surface area contributed by atoms with Gasteiger partial charge in [0.1, 0.15) is 11.4 Å². The van der Waals surface area contributed by atoms with Crippen LogP contribution in [0.3, 0.4) is 0 Å². The minimum absolute atomic E-state index is 0.0278. The first-order valence-electron chi connectivity index (χ1n) is 9.66. The normalized spacial score (nSPS) is 13.3. The molecule has 2 heterocycles. The van der Waals surface area contributed by atoms with Crippen LogP contribution in [0, 0.1) is 0 Å². The number of carbonyl (C=O) groups excluding carboxylic acids is 3. The van der Waals surface area contributed by atoms with Crippen LogP contribution in [0.25, 0.3) is 0 Å². The lowest BCUT2D eigenvalue weighted by atomic mass is 10.1. The molecular formula is C22H12F6N4O3. The number of benzene rings is 2. The number of anilines is 4. The van der Waals surface area contributed by atoms with Gasteiger partial charge in [-0.1, -0.05) is 6.07 Å². The maximum Gasteiger partial charge on any atom is 0.433 e. The summed E-state index contributed by atoms with van der Waals surface area (Å²) in [7, 11) is 0. The lowest BCUT2D eigenvalue weighted by molar-refractivity contribution is -0.150. The molecule has 13 heteroatoms. The number of aromatic nitrogens is 1. The van der Waals surface area contributed by atoms with Crippen molar-refractivity contribution in [2.45, 2.75) is 12.4 Å². The zero-order valence-electron chi connectivity index (χ0n) is 17.1. The van der Waals surface area contributed by atoms with Gasteiger partial charge in [-0.3, -0.25) is 14.4 Å². The number of hydrogen-bond donors (Lipinski definition) is 3. The Morgan fingerprint density at radius 3 is 1.94 bits per heavy atom. The van der Waals surface area contributed by atoms with Crippen LogP contribution in [0.5, 0.6) is 0 Å². The fourth-order valence-corrected chi connectivity index (χ4v) is 3.25. The third kappa shape index (κ3) is 4.93. The molecule has 1 aliphatic heterocycles. The van der Waals surface area contributed by atoms with Crippen molar-refractivity contribution < 1.29 is 40.7 Å². The van der Waals surface area contributed by atoms with Gasteiger partial charge in [0.15, 0.2) is 0 Å². The lowest BCUT2D eigenvalue weighted by Crippen LogP contribution is -2.15. The quantitative estimate of drug-likeness (QED) is 0.340. The van der Waals surface area contributed by atoms with Crippen LogP contribution in [-0.4, -0.2) is 22.6 Å². The van der Waals surface area contributed by atoms with E-state index in [4.69, 9.17) is 0 Å². The minimum atomic E-state index is -5.09. The molecule has 180 valence electrons. The molecule has 1 aromatic heterocycles. The summed E-state index contributed by atoms with van der Waals surface area (Å²) >= 11 is 0. The average molecular weight is 494 g/mol. The van der Waals surface area contributed by atoms with Crippen LogP contribution in [0.4, 0.5) is 49.1 Å². The van der Waals surface area contributed by atoms with Crippen molar-refractivity contribution in [3.05, 3.63) is 77.1 Å². The number of fused-ring (bicyclic) bond motifs is 1. The van der Waals surface area contributed by atoms with E-state index in [1.54, 1.807) is 0 Å². The molecular weight excluding hydrogens is 482 g/mol. The molecule has 35 heavy (non-hydrogen) atoms. The van der Waals surface area contributed by atoms with Crippen molar-refractivity contribution >= 4 is 40.3 Å². The zero-order chi connectivity index (χ0) is 25.5. The largest absolute Gasteiger partial charge is 0.433 e.